The molecule has 19 heavy (non-hydrogen) atoms. The lowest BCUT2D eigenvalue weighted by molar-refractivity contribution is 0.1000. The fourth-order valence-corrected chi connectivity index (χ4v) is 1.84. The summed E-state index contributed by atoms with van der Waals surface area (Å²) in [5.41, 5.74) is 8.94. The van der Waals surface area contributed by atoms with E-state index in [2.05, 4.69) is 6.07 Å². The average Bonchev–Trinajstić information content (AvgIpc) is 2.40. The Bertz CT molecular complexity index is 605. The number of carbonyl (C=O) groups is 1. The van der Waals surface area contributed by atoms with E-state index in [0.29, 0.717) is 12.2 Å². The number of nitrogens with two attached hydrogens (primary N) is 1. The van der Waals surface area contributed by atoms with Crippen molar-refractivity contribution in [2.75, 3.05) is 0 Å². The van der Waals surface area contributed by atoms with E-state index < -0.39 is 5.91 Å². The van der Waals surface area contributed by atoms with Crippen molar-refractivity contribution in [1.82, 2.24) is 0 Å². The van der Waals surface area contributed by atoms with Gasteiger partial charge in [0.1, 0.15) is 12.4 Å². The zero-order valence-corrected chi connectivity index (χ0v) is 11.1. The third-order valence-corrected chi connectivity index (χ3v) is 2.95. The Morgan fingerprint density at radius 1 is 1.16 bits per heavy atom. The molecule has 0 unspecified atom stereocenters. The van der Waals surface area contributed by atoms with Crippen molar-refractivity contribution in [3.63, 3.8) is 0 Å². The van der Waals surface area contributed by atoms with Crippen LogP contribution in [-0.4, -0.2) is 5.91 Å². The Labute approximate surface area is 113 Å². The van der Waals surface area contributed by atoms with Crippen LogP contribution >= 0.6 is 0 Å². The van der Waals surface area contributed by atoms with E-state index in [0.717, 1.165) is 22.4 Å². The zero-order valence-electron chi connectivity index (χ0n) is 11.1. The van der Waals surface area contributed by atoms with Crippen LogP contribution in [0.3, 0.4) is 0 Å². The molecule has 3 heteroatoms. The SMILES string of the molecule is Cc1ccc(C)c(OCc2cccc(C(N)=O)c2)c1. The molecule has 1 amide bonds. The number of hydrogen-bond acceptors (Lipinski definition) is 2. The summed E-state index contributed by atoms with van der Waals surface area (Å²) in [6, 6.07) is 13.3. The van der Waals surface area contributed by atoms with Crippen LogP contribution in [0.1, 0.15) is 27.0 Å². The third kappa shape index (κ3) is 3.35. The van der Waals surface area contributed by atoms with Crippen molar-refractivity contribution >= 4 is 5.91 Å². The van der Waals surface area contributed by atoms with Gasteiger partial charge >= 0.3 is 0 Å². The number of rotatable bonds is 4. The zero-order chi connectivity index (χ0) is 13.8. The van der Waals surface area contributed by atoms with Gasteiger partial charge in [-0.3, -0.25) is 4.79 Å². The van der Waals surface area contributed by atoms with Gasteiger partial charge in [-0.1, -0.05) is 24.3 Å². The standard InChI is InChI=1S/C16H17NO2/c1-11-6-7-12(2)15(8-11)19-10-13-4-3-5-14(9-13)16(17)18/h3-9H,10H2,1-2H3,(H2,17,18). The number of aryl methyl sites for hydroxylation is 2. The van der Waals surface area contributed by atoms with E-state index in [1.807, 2.05) is 38.1 Å². The molecule has 0 heterocycles. The molecule has 0 atom stereocenters. The number of benzene rings is 2. The summed E-state index contributed by atoms with van der Waals surface area (Å²) < 4.78 is 5.79. The van der Waals surface area contributed by atoms with Crippen LogP contribution < -0.4 is 10.5 Å². The molecule has 0 saturated heterocycles. The Hall–Kier alpha value is -2.29. The number of carbonyl (C=O) groups excluding carboxylic acids is 1. The van der Waals surface area contributed by atoms with Gasteiger partial charge in [-0.25, -0.2) is 0 Å². The first-order valence-corrected chi connectivity index (χ1v) is 6.15. The Kier molecular flexibility index (Phi) is 3.85. The molecule has 2 rings (SSSR count). The van der Waals surface area contributed by atoms with E-state index in [4.69, 9.17) is 10.5 Å². The summed E-state index contributed by atoms with van der Waals surface area (Å²) in [4.78, 5) is 11.1. The smallest absolute Gasteiger partial charge is 0.248 e. The second-order valence-electron chi connectivity index (χ2n) is 4.62. The lowest BCUT2D eigenvalue weighted by Gasteiger charge is -2.10. The molecule has 98 valence electrons. The first-order valence-electron chi connectivity index (χ1n) is 6.15. The van der Waals surface area contributed by atoms with Crippen LogP contribution in [0.4, 0.5) is 0 Å². The van der Waals surface area contributed by atoms with E-state index in [-0.39, 0.29) is 0 Å². The Morgan fingerprint density at radius 2 is 1.95 bits per heavy atom. The first kappa shape index (κ1) is 13.1. The molecule has 0 fully saturated rings. The minimum atomic E-state index is -0.423. The summed E-state index contributed by atoms with van der Waals surface area (Å²) in [5.74, 6) is 0.443. The highest BCUT2D eigenvalue weighted by Crippen LogP contribution is 2.20. The maximum absolute atomic E-state index is 11.1. The summed E-state index contributed by atoms with van der Waals surface area (Å²) in [6.07, 6.45) is 0. The lowest BCUT2D eigenvalue weighted by atomic mass is 10.1. The summed E-state index contributed by atoms with van der Waals surface area (Å²) in [6.45, 7) is 4.46. The predicted octanol–water partition coefficient (Wildman–Crippen LogP) is 2.98. The van der Waals surface area contributed by atoms with E-state index in [9.17, 15) is 4.79 Å². The second kappa shape index (κ2) is 5.57. The molecule has 0 aromatic heterocycles. The van der Waals surface area contributed by atoms with Crippen molar-refractivity contribution in [2.24, 2.45) is 5.73 Å². The van der Waals surface area contributed by atoms with Gasteiger partial charge in [0.15, 0.2) is 0 Å². The van der Waals surface area contributed by atoms with Gasteiger partial charge in [-0.05, 0) is 48.7 Å². The number of primary amides is 1. The maximum Gasteiger partial charge on any atom is 0.248 e. The molecule has 2 aromatic rings. The third-order valence-electron chi connectivity index (χ3n) is 2.95. The molecule has 2 N–H and O–H groups in total. The largest absolute Gasteiger partial charge is 0.489 e. The van der Waals surface area contributed by atoms with Gasteiger partial charge in [-0.2, -0.15) is 0 Å². The highest BCUT2D eigenvalue weighted by molar-refractivity contribution is 5.92. The molecule has 0 aliphatic rings. The molecule has 0 aliphatic carbocycles. The molecule has 0 spiro atoms. The number of ether oxygens (including phenoxy) is 1. The van der Waals surface area contributed by atoms with E-state index >= 15 is 0 Å². The molecule has 0 saturated carbocycles. The van der Waals surface area contributed by atoms with Gasteiger partial charge in [0.05, 0.1) is 0 Å². The minimum absolute atomic E-state index is 0.422. The molecule has 2 aromatic carbocycles. The molecule has 0 bridgehead atoms. The van der Waals surface area contributed by atoms with E-state index in [1.54, 1.807) is 12.1 Å². The molecule has 0 aliphatic heterocycles. The topological polar surface area (TPSA) is 52.3 Å². The number of amides is 1. The molecular weight excluding hydrogens is 238 g/mol. The minimum Gasteiger partial charge on any atom is -0.489 e. The van der Waals surface area contributed by atoms with Crippen molar-refractivity contribution < 1.29 is 9.53 Å². The highest BCUT2D eigenvalue weighted by Gasteiger charge is 2.03. The summed E-state index contributed by atoms with van der Waals surface area (Å²) in [7, 11) is 0. The van der Waals surface area contributed by atoms with Gasteiger partial charge in [0.25, 0.3) is 0 Å². The summed E-state index contributed by atoms with van der Waals surface area (Å²) in [5, 5.41) is 0. The van der Waals surface area contributed by atoms with Crippen LogP contribution in [0.25, 0.3) is 0 Å². The molecule has 3 nitrogen and oxygen atoms in total. The normalized spacial score (nSPS) is 10.2. The number of hydrogen-bond donors (Lipinski definition) is 1. The van der Waals surface area contributed by atoms with Crippen LogP contribution in [-0.2, 0) is 6.61 Å². The Balaban J connectivity index is 2.12. The monoisotopic (exact) mass is 255 g/mol. The van der Waals surface area contributed by atoms with Crippen LogP contribution in [0.2, 0.25) is 0 Å². The highest BCUT2D eigenvalue weighted by atomic mass is 16.5. The van der Waals surface area contributed by atoms with Gasteiger partial charge in [0.2, 0.25) is 5.91 Å². The van der Waals surface area contributed by atoms with Gasteiger partial charge in [-0.15, -0.1) is 0 Å². The van der Waals surface area contributed by atoms with Crippen molar-refractivity contribution in [1.29, 1.82) is 0 Å². The Morgan fingerprint density at radius 3 is 2.68 bits per heavy atom. The van der Waals surface area contributed by atoms with Gasteiger partial charge < -0.3 is 10.5 Å². The van der Waals surface area contributed by atoms with Crippen LogP contribution in [0, 0.1) is 13.8 Å². The quantitative estimate of drug-likeness (QED) is 0.913. The van der Waals surface area contributed by atoms with Crippen molar-refractivity contribution in [3.05, 3.63) is 64.7 Å². The molecule has 0 radical (unpaired) electrons. The first-order chi connectivity index (χ1) is 9.06. The van der Waals surface area contributed by atoms with Crippen molar-refractivity contribution in [2.45, 2.75) is 20.5 Å². The van der Waals surface area contributed by atoms with E-state index in [1.165, 1.54) is 0 Å². The summed E-state index contributed by atoms with van der Waals surface area (Å²) >= 11 is 0. The second-order valence-corrected chi connectivity index (χ2v) is 4.62. The van der Waals surface area contributed by atoms with Crippen LogP contribution in [0.5, 0.6) is 5.75 Å². The average molecular weight is 255 g/mol. The lowest BCUT2D eigenvalue weighted by Crippen LogP contribution is -2.11. The van der Waals surface area contributed by atoms with Crippen molar-refractivity contribution in [3.8, 4) is 5.75 Å². The fourth-order valence-electron chi connectivity index (χ4n) is 1.84. The molecular formula is C16H17NO2. The van der Waals surface area contributed by atoms with Gasteiger partial charge in [0, 0.05) is 5.56 Å². The fraction of sp³-hybridized carbons (Fsp3) is 0.188. The van der Waals surface area contributed by atoms with Crippen LogP contribution in [0.15, 0.2) is 42.5 Å². The maximum atomic E-state index is 11.1. The predicted molar refractivity (Wildman–Crippen MR) is 75.2 cm³/mol.